The summed E-state index contributed by atoms with van der Waals surface area (Å²) in [5.74, 6) is 3.10. The van der Waals surface area contributed by atoms with Crippen LogP contribution < -0.4 is 10.5 Å². The van der Waals surface area contributed by atoms with Gasteiger partial charge in [-0.2, -0.15) is 0 Å². The van der Waals surface area contributed by atoms with Crippen molar-refractivity contribution in [3.8, 4) is 11.5 Å². The molecule has 2 aromatic carbocycles. The summed E-state index contributed by atoms with van der Waals surface area (Å²) in [6, 6.07) is 17.7. The van der Waals surface area contributed by atoms with Crippen LogP contribution in [0.3, 0.4) is 0 Å². The van der Waals surface area contributed by atoms with Crippen molar-refractivity contribution in [1.29, 1.82) is 0 Å². The molecule has 1 aliphatic carbocycles. The van der Waals surface area contributed by atoms with Crippen molar-refractivity contribution in [2.45, 2.75) is 18.9 Å². The zero-order valence-electron chi connectivity index (χ0n) is 11.7. The van der Waals surface area contributed by atoms with E-state index in [1.54, 1.807) is 0 Å². The van der Waals surface area contributed by atoms with Gasteiger partial charge >= 0.3 is 0 Å². The van der Waals surface area contributed by atoms with E-state index < -0.39 is 0 Å². The second-order valence-corrected chi connectivity index (χ2v) is 5.63. The van der Waals surface area contributed by atoms with Crippen LogP contribution in [0.2, 0.25) is 0 Å². The van der Waals surface area contributed by atoms with E-state index in [4.69, 9.17) is 14.9 Å². The zero-order chi connectivity index (χ0) is 14.2. The van der Waals surface area contributed by atoms with Crippen LogP contribution in [0.25, 0.3) is 11.0 Å². The van der Waals surface area contributed by atoms with Crippen LogP contribution in [-0.2, 0) is 0 Å². The molecule has 1 unspecified atom stereocenters. The molecular formula is C18H17NO2. The van der Waals surface area contributed by atoms with Crippen LogP contribution in [0.1, 0.15) is 24.6 Å². The van der Waals surface area contributed by atoms with Crippen molar-refractivity contribution in [1.82, 2.24) is 0 Å². The predicted octanol–water partition coefficient (Wildman–Crippen LogP) is 4.63. The van der Waals surface area contributed by atoms with E-state index in [0.717, 1.165) is 28.2 Å². The fraction of sp³-hybridized carbons (Fsp3) is 0.222. The molecule has 0 bridgehead atoms. The summed E-state index contributed by atoms with van der Waals surface area (Å²) < 4.78 is 11.7. The lowest BCUT2D eigenvalue weighted by Crippen LogP contribution is -2.10. The molecule has 0 spiro atoms. The van der Waals surface area contributed by atoms with Crippen molar-refractivity contribution in [3.63, 3.8) is 0 Å². The van der Waals surface area contributed by atoms with Crippen LogP contribution in [0.15, 0.2) is 59.0 Å². The standard InChI is InChI=1S/C18H17NO2/c19-18(12-6-7-12)17-11-13-10-15(8-9-16(13)21-17)20-14-4-2-1-3-5-14/h1-5,8-12,18H,6-7,19H2. The van der Waals surface area contributed by atoms with Gasteiger partial charge in [0.05, 0.1) is 6.04 Å². The van der Waals surface area contributed by atoms with Gasteiger partial charge in [-0.25, -0.2) is 0 Å². The Labute approximate surface area is 123 Å². The van der Waals surface area contributed by atoms with Gasteiger partial charge in [0, 0.05) is 5.39 Å². The molecule has 3 nitrogen and oxygen atoms in total. The second kappa shape index (κ2) is 4.93. The average molecular weight is 279 g/mol. The molecule has 0 aliphatic heterocycles. The van der Waals surface area contributed by atoms with Crippen LogP contribution in [0.4, 0.5) is 0 Å². The number of hydrogen-bond donors (Lipinski definition) is 1. The number of furan rings is 1. The topological polar surface area (TPSA) is 48.4 Å². The summed E-state index contributed by atoms with van der Waals surface area (Å²) in [5.41, 5.74) is 7.06. The van der Waals surface area contributed by atoms with E-state index in [9.17, 15) is 0 Å². The smallest absolute Gasteiger partial charge is 0.134 e. The van der Waals surface area contributed by atoms with Crippen LogP contribution in [0, 0.1) is 5.92 Å². The van der Waals surface area contributed by atoms with E-state index in [2.05, 4.69) is 0 Å². The van der Waals surface area contributed by atoms with Gasteiger partial charge in [-0.3, -0.25) is 0 Å². The Hall–Kier alpha value is -2.26. The predicted molar refractivity (Wildman–Crippen MR) is 82.4 cm³/mol. The van der Waals surface area contributed by atoms with Crippen molar-refractivity contribution < 1.29 is 9.15 Å². The Morgan fingerprint density at radius 2 is 1.81 bits per heavy atom. The molecule has 1 aromatic heterocycles. The molecule has 1 heterocycles. The molecule has 0 radical (unpaired) electrons. The van der Waals surface area contributed by atoms with Gasteiger partial charge in [0.1, 0.15) is 22.8 Å². The molecule has 106 valence electrons. The summed E-state index contributed by atoms with van der Waals surface area (Å²) in [7, 11) is 0. The second-order valence-electron chi connectivity index (χ2n) is 5.63. The molecule has 4 rings (SSSR count). The van der Waals surface area contributed by atoms with Crippen LogP contribution in [0.5, 0.6) is 11.5 Å². The zero-order valence-corrected chi connectivity index (χ0v) is 11.7. The quantitative estimate of drug-likeness (QED) is 0.757. The van der Waals surface area contributed by atoms with Gasteiger partial charge in [0.2, 0.25) is 0 Å². The van der Waals surface area contributed by atoms with E-state index in [1.807, 2.05) is 54.6 Å². The lowest BCUT2D eigenvalue weighted by molar-refractivity contribution is 0.466. The number of fused-ring (bicyclic) bond motifs is 1. The van der Waals surface area contributed by atoms with Crippen LogP contribution >= 0.6 is 0 Å². The number of hydrogen-bond acceptors (Lipinski definition) is 3. The third-order valence-corrected chi connectivity index (χ3v) is 3.94. The van der Waals surface area contributed by atoms with Gasteiger partial charge in [0.15, 0.2) is 0 Å². The Bertz CT molecular complexity index is 759. The largest absolute Gasteiger partial charge is 0.459 e. The first-order valence-corrected chi connectivity index (χ1v) is 7.31. The molecule has 1 saturated carbocycles. The normalized spacial score (nSPS) is 16.0. The highest BCUT2D eigenvalue weighted by atomic mass is 16.5. The third-order valence-electron chi connectivity index (χ3n) is 3.94. The van der Waals surface area contributed by atoms with Crippen molar-refractivity contribution in [2.24, 2.45) is 11.7 Å². The molecule has 0 amide bonds. The number of ether oxygens (including phenoxy) is 1. The van der Waals surface area contributed by atoms with E-state index in [-0.39, 0.29) is 6.04 Å². The first-order valence-electron chi connectivity index (χ1n) is 7.31. The molecule has 1 atom stereocenters. The summed E-state index contributed by atoms with van der Waals surface area (Å²) in [4.78, 5) is 0. The molecule has 3 aromatic rings. The third kappa shape index (κ3) is 2.52. The minimum Gasteiger partial charge on any atom is -0.459 e. The monoisotopic (exact) mass is 279 g/mol. The van der Waals surface area contributed by atoms with Gasteiger partial charge in [-0.05, 0) is 55.2 Å². The first-order chi connectivity index (χ1) is 10.3. The number of benzene rings is 2. The number of nitrogens with two attached hydrogens (primary N) is 1. The Balaban J connectivity index is 1.63. The summed E-state index contributed by atoms with van der Waals surface area (Å²) in [6.07, 6.45) is 2.42. The molecular weight excluding hydrogens is 262 g/mol. The molecule has 3 heteroatoms. The number of rotatable bonds is 4. The molecule has 21 heavy (non-hydrogen) atoms. The van der Waals surface area contributed by atoms with Gasteiger partial charge in [0.25, 0.3) is 0 Å². The van der Waals surface area contributed by atoms with E-state index >= 15 is 0 Å². The van der Waals surface area contributed by atoms with Crippen molar-refractivity contribution >= 4 is 11.0 Å². The highest BCUT2D eigenvalue weighted by Gasteiger charge is 2.31. The summed E-state index contributed by atoms with van der Waals surface area (Å²) >= 11 is 0. The maximum Gasteiger partial charge on any atom is 0.134 e. The number of para-hydroxylation sites is 1. The minimum atomic E-state index is 0.0240. The molecule has 1 fully saturated rings. The van der Waals surface area contributed by atoms with Crippen molar-refractivity contribution in [3.05, 3.63) is 60.4 Å². The van der Waals surface area contributed by atoms with E-state index in [1.165, 1.54) is 12.8 Å². The fourth-order valence-corrected chi connectivity index (χ4v) is 2.58. The lowest BCUT2D eigenvalue weighted by atomic mass is 10.1. The molecule has 0 saturated heterocycles. The van der Waals surface area contributed by atoms with Crippen LogP contribution in [-0.4, -0.2) is 0 Å². The summed E-state index contributed by atoms with van der Waals surface area (Å²) in [5, 5.41) is 1.04. The van der Waals surface area contributed by atoms with Gasteiger partial charge < -0.3 is 14.9 Å². The van der Waals surface area contributed by atoms with Crippen molar-refractivity contribution in [2.75, 3.05) is 0 Å². The Morgan fingerprint density at radius 3 is 2.57 bits per heavy atom. The Morgan fingerprint density at radius 1 is 1.00 bits per heavy atom. The van der Waals surface area contributed by atoms with E-state index in [0.29, 0.717) is 5.92 Å². The molecule has 1 aliphatic rings. The Kier molecular flexibility index (Phi) is 2.93. The average Bonchev–Trinajstić information content (AvgIpc) is 3.27. The van der Waals surface area contributed by atoms with Gasteiger partial charge in [-0.1, -0.05) is 18.2 Å². The molecule has 2 N–H and O–H groups in total. The maximum atomic E-state index is 6.20. The SMILES string of the molecule is NC(c1cc2cc(Oc3ccccc3)ccc2o1)C1CC1. The highest BCUT2D eigenvalue weighted by molar-refractivity contribution is 5.79. The van der Waals surface area contributed by atoms with Gasteiger partial charge in [-0.15, -0.1) is 0 Å². The first kappa shape index (κ1) is 12.5. The lowest BCUT2D eigenvalue weighted by Gasteiger charge is -2.04. The summed E-state index contributed by atoms with van der Waals surface area (Å²) in [6.45, 7) is 0. The maximum absolute atomic E-state index is 6.20. The fourth-order valence-electron chi connectivity index (χ4n) is 2.58. The highest BCUT2D eigenvalue weighted by Crippen LogP contribution is 2.41. The minimum absolute atomic E-state index is 0.0240.